The minimum atomic E-state index is 0.256. The van der Waals surface area contributed by atoms with Gasteiger partial charge >= 0.3 is 0 Å². The molecule has 0 aliphatic heterocycles. The highest BCUT2D eigenvalue weighted by Gasteiger charge is 2.11. The van der Waals surface area contributed by atoms with Crippen molar-refractivity contribution in [1.82, 2.24) is 19.5 Å². The summed E-state index contributed by atoms with van der Waals surface area (Å²) in [6.07, 6.45) is 4.04. The van der Waals surface area contributed by atoms with Gasteiger partial charge in [-0.3, -0.25) is 0 Å². The van der Waals surface area contributed by atoms with Crippen molar-refractivity contribution in [2.75, 3.05) is 11.9 Å². The number of nitrogens with zero attached hydrogens (tertiary/aromatic N) is 4. The Labute approximate surface area is 133 Å². The second kappa shape index (κ2) is 11.3. The molecular weight excluding hydrogens is 286 g/mol. The normalized spacial score (nSPS) is 9.48. The average Bonchev–Trinajstić information content (AvgIpc) is 2.92. The van der Waals surface area contributed by atoms with Gasteiger partial charge in [-0.2, -0.15) is 9.97 Å². The van der Waals surface area contributed by atoms with Gasteiger partial charge in [-0.05, 0) is 24.9 Å². The van der Waals surface area contributed by atoms with Crippen LogP contribution in [-0.4, -0.2) is 26.1 Å². The van der Waals surface area contributed by atoms with E-state index in [2.05, 4.69) is 27.2 Å². The maximum atomic E-state index is 5.92. The molecule has 0 aromatic carbocycles. The lowest BCUT2D eigenvalue weighted by atomic mass is 10.3. The Morgan fingerprint density at radius 1 is 1.14 bits per heavy atom. The van der Waals surface area contributed by atoms with E-state index >= 15 is 0 Å². The third-order valence-corrected chi connectivity index (χ3v) is 2.70. The SMILES string of the molecule is CC.CC.CCCCn1cnc2c(NCC)nc(Cl)nc21. The van der Waals surface area contributed by atoms with E-state index in [1.807, 2.05) is 39.2 Å². The van der Waals surface area contributed by atoms with Crippen molar-refractivity contribution in [3.63, 3.8) is 0 Å². The van der Waals surface area contributed by atoms with Crippen molar-refractivity contribution < 1.29 is 0 Å². The summed E-state index contributed by atoms with van der Waals surface area (Å²) < 4.78 is 2.02. The van der Waals surface area contributed by atoms with Crippen molar-refractivity contribution in [2.24, 2.45) is 0 Å². The summed E-state index contributed by atoms with van der Waals surface area (Å²) in [6, 6.07) is 0. The van der Waals surface area contributed by atoms with Crippen LogP contribution in [0, 0.1) is 0 Å². The van der Waals surface area contributed by atoms with Gasteiger partial charge in [0.1, 0.15) is 0 Å². The zero-order chi connectivity index (χ0) is 16.3. The summed E-state index contributed by atoms with van der Waals surface area (Å²) in [5, 5.41) is 3.41. The van der Waals surface area contributed by atoms with Gasteiger partial charge < -0.3 is 9.88 Å². The molecule has 0 radical (unpaired) electrons. The van der Waals surface area contributed by atoms with Gasteiger partial charge in [0.05, 0.1) is 6.33 Å². The fraction of sp³-hybridized carbons (Fsp3) is 0.667. The van der Waals surface area contributed by atoms with Gasteiger partial charge in [0.15, 0.2) is 17.0 Å². The number of hydrogen-bond acceptors (Lipinski definition) is 4. The zero-order valence-electron chi connectivity index (χ0n) is 14.1. The van der Waals surface area contributed by atoms with Crippen molar-refractivity contribution in [3.05, 3.63) is 11.6 Å². The lowest BCUT2D eigenvalue weighted by Gasteiger charge is -2.05. The van der Waals surface area contributed by atoms with Crippen molar-refractivity contribution >= 4 is 28.6 Å². The molecule has 0 amide bonds. The van der Waals surface area contributed by atoms with E-state index in [0.717, 1.165) is 37.1 Å². The van der Waals surface area contributed by atoms with E-state index in [4.69, 9.17) is 11.6 Å². The predicted octanol–water partition coefficient (Wildman–Crippen LogP) is 4.76. The van der Waals surface area contributed by atoms with Gasteiger partial charge in [0.25, 0.3) is 0 Å². The predicted molar refractivity (Wildman–Crippen MR) is 92.1 cm³/mol. The third kappa shape index (κ3) is 5.50. The molecule has 0 saturated carbocycles. The van der Waals surface area contributed by atoms with E-state index in [9.17, 15) is 0 Å². The molecule has 0 saturated heterocycles. The Morgan fingerprint density at radius 2 is 1.81 bits per heavy atom. The zero-order valence-corrected chi connectivity index (χ0v) is 14.8. The minimum Gasteiger partial charge on any atom is -0.368 e. The molecule has 6 heteroatoms. The van der Waals surface area contributed by atoms with Crippen molar-refractivity contribution in [1.29, 1.82) is 0 Å². The molecule has 1 N–H and O–H groups in total. The number of anilines is 1. The number of unbranched alkanes of at least 4 members (excludes halogenated alkanes) is 1. The van der Waals surface area contributed by atoms with Crippen molar-refractivity contribution in [2.45, 2.75) is 60.9 Å². The van der Waals surface area contributed by atoms with Crippen LogP contribution in [0.3, 0.4) is 0 Å². The first-order valence-electron chi connectivity index (χ1n) is 7.88. The van der Waals surface area contributed by atoms with Crippen molar-refractivity contribution in [3.8, 4) is 0 Å². The first-order chi connectivity index (χ1) is 10.3. The van der Waals surface area contributed by atoms with Crippen LogP contribution in [0.25, 0.3) is 11.2 Å². The molecule has 120 valence electrons. The largest absolute Gasteiger partial charge is 0.368 e. The number of fused-ring (bicyclic) bond motifs is 1. The molecule has 21 heavy (non-hydrogen) atoms. The summed E-state index contributed by atoms with van der Waals surface area (Å²) in [5.41, 5.74) is 1.58. The molecule has 0 atom stereocenters. The van der Waals surface area contributed by atoms with Crippen LogP contribution in [0.5, 0.6) is 0 Å². The standard InChI is InChI=1S/C11H16ClN5.2C2H6/c1-3-5-6-17-7-14-8-9(13-4-2)15-11(12)16-10(8)17;2*1-2/h7H,3-6H2,1-2H3,(H,13,15,16);2*1-2H3. The second-order valence-electron chi connectivity index (χ2n) is 3.84. The fourth-order valence-electron chi connectivity index (χ4n) is 1.70. The highest BCUT2D eigenvalue weighted by atomic mass is 35.5. The summed E-state index contributed by atoms with van der Waals surface area (Å²) in [5.74, 6) is 0.706. The average molecular weight is 314 g/mol. The summed E-state index contributed by atoms with van der Waals surface area (Å²) in [7, 11) is 0. The van der Waals surface area contributed by atoms with E-state index < -0.39 is 0 Å². The van der Waals surface area contributed by atoms with Crippen LogP contribution in [0.2, 0.25) is 5.28 Å². The molecule has 0 aliphatic carbocycles. The molecule has 0 fully saturated rings. The summed E-state index contributed by atoms with van der Waals surface area (Å²) in [4.78, 5) is 12.7. The van der Waals surface area contributed by atoms with Gasteiger partial charge in [-0.25, -0.2) is 4.98 Å². The van der Waals surface area contributed by atoms with Crippen LogP contribution in [0.4, 0.5) is 5.82 Å². The first-order valence-corrected chi connectivity index (χ1v) is 8.26. The minimum absolute atomic E-state index is 0.256. The van der Waals surface area contributed by atoms with Crippen LogP contribution >= 0.6 is 11.6 Å². The molecule has 0 bridgehead atoms. The van der Waals surface area contributed by atoms with Gasteiger partial charge in [0, 0.05) is 13.1 Å². The second-order valence-corrected chi connectivity index (χ2v) is 4.17. The summed E-state index contributed by atoms with van der Waals surface area (Å²) in [6.45, 7) is 13.9. The Morgan fingerprint density at radius 3 is 2.38 bits per heavy atom. The van der Waals surface area contributed by atoms with Gasteiger partial charge in [-0.1, -0.05) is 41.0 Å². The Balaban J connectivity index is 0.000000921. The monoisotopic (exact) mass is 313 g/mol. The maximum absolute atomic E-state index is 5.92. The highest BCUT2D eigenvalue weighted by Crippen LogP contribution is 2.20. The highest BCUT2D eigenvalue weighted by molar-refractivity contribution is 6.28. The van der Waals surface area contributed by atoms with Crippen LogP contribution < -0.4 is 5.32 Å². The van der Waals surface area contributed by atoms with Gasteiger partial charge in [-0.15, -0.1) is 0 Å². The molecule has 2 rings (SSSR count). The van der Waals surface area contributed by atoms with E-state index in [0.29, 0.717) is 5.82 Å². The molecular formula is C15H28ClN5. The lowest BCUT2D eigenvalue weighted by Crippen LogP contribution is -2.03. The molecule has 0 spiro atoms. The number of aromatic nitrogens is 4. The van der Waals surface area contributed by atoms with E-state index in [1.54, 1.807) is 6.33 Å². The molecule has 5 nitrogen and oxygen atoms in total. The number of aryl methyl sites for hydroxylation is 1. The quantitative estimate of drug-likeness (QED) is 0.808. The maximum Gasteiger partial charge on any atom is 0.226 e. The smallest absolute Gasteiger partial charge is 0.226 e. The third-order valence-electron chi connectivity index (χ3n) is 2.53. The van der Waals surface area contributed by atoms with E-state index in [-0.39, 0.29) is 5.28 Å². The Kier molecular flexibility index (Phi) is 10.6. The van der Waals surface area contributed by atoms with Crippen LogP contribution in [0.1, 0.15) is 54.4 Å². The molecule has 2 heterocycles. The lowest BCUT2D eigenvalue weighted by molar-refractivity contribution is 0.641. The molecule has 2 aromatic rings. The van der Waals surface area contributed by atoms with Crippen LogP contribution in [-0.2, 0) is 6.54 Å². The number of halogens is 1. The fourth-order valence-corrected chi connectivity index (χ4v) is 1.87. The Hall–Kier alpha value is -1.36. The molecule has 0 aliphatic rings. The molecule has 2 aromatic heterocycles. The first kappa shape index (κ1) is 19.6. The number of nitrogens with one attached hydrogen (secondary N) is 1. The van der Waals surface area contributed by atoms with E-state index in [1.165, 1.54) is 0 Å². The topological polar surface area (TPSA) is 55.6 Å². The van der Waals surface area contributed by atoms with Gasteiger partial charge in [0.2, 0.25) is 5.28 Å². The number of rotatable bonds is 5. The number of imidazole rings is 1. The molecule has 0 unspecified atom stereocenters. The Bertz CT molecular complexity index is 510. The number of hydrogen-bond donors (Lipinski definition) is 1. The summed E-state index contributed by atoms with van der Waals surface area (Å²) >= 11 is 5.92. The van der Waals surface area contributed by atoms with Crippen LogP contribution in [0.15, 0.2) is 6.33 Å².